The molecule has 2 N–H and O–H groups in total. The van der Waals surface area contributed by atoms with E-state index in [4.69, 9.17) is 9.52 Å². The second kappa shape index (κ2) is 4.79. The normalized spacial score (nSPS) is 12.2. The van der Waals surface area contributed by atoms with Crippen molar-refractivity contribution in [3.05, 3.63) is 35.8 Å². The zero-order valence-corrected chi connectivity index (χ0v) is 8.91. The monoisotopic (exact) mass is 209 g/mol. The Kier molecular flexibility index (Phi) is 3.68. The Morgan fingerprint density at radius 1 is 1.73 bits per heavy atom. The predicted molar refractivity (Wildman–Crippen MR) is 56.7 cm³/mol. The highest BCUT2D eigenvalue weighted by molar-refractivity contribution is 5.95. The molecule has 1 atom stereocenters. The molecular weight excluding hydrogens is 194 g/mol. The van der Waals surface area contributed by atoms with Crippen molar-refractivity contribution in [2.45, 2.75) is 19.9 Å². The maximum absolute atomic E-state index is 11.7. The van der Waals surface area contributed by atoms with Crippen molar-refractivity contribution in [1.82, 2.24) is 5.32 Å². The van der Waals surface area contributed by atoms with Gasteiger partial charge in [0.05, 0.1) is 18.2 Å². The van der Waals surface area contributed by atoms with Gasteiger partial charge >= 0.3 is 0 Å². The predicted octanol–water partition coefficient (Wildman–Crippen LogP) is 1.17. The first kappa shape index (κ1) is 11.5. The van der Waals surface area contributed by atoms with E-state index >= 15 is 0 Å². The molecule has 0 aliphatic heterocycles. The number of aliphatic hydroxyl groups excluding tert-OH is 1. The molecule has 0 spiro atoms. The highest BCUT2D eigenvalue weighted by Crippen LogP contribution is 2.13. The maximum Gasteiger partial charge on any atom is 0.255 e. The number of hydrogen-bond donors (Lipinski definition) is 2. The van der Waals surface area contributed by atoms with Crippen LogP contribution >= 0.6 is 0 Å². The number of nitrogens with one attached hydrogen (secondary N) is 1. The van der Waals surface area contributed by atoms with Gasteiger partial charge in [0.15, 0.2) is 0 Å². The molecule has 1 aromatic heterocycles. The third-order valence-electron chi connectivity index (χ3n) is 2.08. The van der Waals surface area contributed by atoms with Crippen LogP contribution in [-0.4, -0.2) is 23.7 Å². The quantitative estimate of drug-likeness (QED) is 0.732. The number of furan rings is 1. The van der Waals surface area contributed by atoms with Crippen molar-refractivity contribution in [2.24, 2.45) is 0 Å². The minimum atomic E-state index is -0.424. The SMILES string of the molecule is C=CC(CO)NC(=O)c1cc(C)oc1C. The second-order valence-corrected chi connectivity index (χ2v) is 3.33. The molecule has 0 saturated heterocycles. The van der Waals surface area contributed by atoms with E-state index in [0.717, 1.165) is 0 Å². The summed E-state index contributed by atoms with van der Waals surface area (Å²) in [7, 11) is 0. The first-order chi connectivity index (χ1) is 7.08. The number of hydrogen-bond acceptors (Lipinski definition) is 3. The number of aliphatic hydroxyl groups is 1. The van der Waals surface area contributed by atoms with Crippen molar-refractivity contribution in [3.8, 4) is 0 Å². The zero-order valence-electron chi connectivity index (χ0n) is 8.91. The van der Waals surface area contributed by atoms with Crippen LogP contribution in [0.2, 0.25) is 0 Å². The topological polar surface area (TPSA) is 62.5 Å². The lowest BCUT2D eigenvalue weighted by Crippen LogP contribution is -2.35. The summed E-state index contributed by atoms with van der Waals surface area (Å²) >= 11 is 0. The zero-order chi connectivity index (χ0) is 11.4. The summed E-state index contributed by atoms with van der Waals surface area (Å²) in [5, 5.41) is 11.5. The number of rotatable bonds is 4. The standard InChI is InChI=1S/C11H15NO3/c1-4-9(6-13)12-11(14)10-5-7(2)15-8(10)3/h4-5,9,13H,1,6H2,2-3H3,(H,12,14). The molecule has 0 saturated carbocycles. The van der Waals surface area contributed by atoms with Gasteiger partial charge in [0, 0.05) is 0 Å². The largest absolute Gasteiger partial charge is 0.466 e. The van der Waals surface area contributed by atoms with Crippen LogP contribution in [-0.2, 0) is 0 Å². The van der Waals surface area contributed by atoms with Crippen LogP contribution in [0.5, 0.6) is 0 Å². The molecule has 0 aliphatic carbocycles. The lowest BCUT2D eigenvalue weighted by atomic mass is 10.2. The Morgan fingerprint density at radius 2 is 2.40 bits per heavy atom. The average molecular weight is 209 g/mol. The molecule has 1 rings (SSSR count). The van der Waals surface area contributed by atoms with Gasteiger partial charge in [-0.1, -0.05) is 6.08 Å². The van der Waals surface area contributed by atoms with Crippen LogP contribution in [0.3, 0.4) is 0 Å². The minimum Gasteiger partial charge on any atom is -0.466 e. The third-order valence-corrected chi connectivity index (χ3v) is 2.08. The van der Waals surface area contributed by atoms with Gasteiger partial charge in [-0.15, -0.1) is 6.58 Å². The molecule has 4 heteroatoms. The summed E-state index contributed by atoms with van der Waals surface area (Å²) in [5.41, 5.74) is 0.493. The Morgan fingerprint density at radius 3 is 2.80 bits per heavy atom. The van der Waals surface area contributed by atoms with E-state index in [1.807, 2.05) is 0 Å². The maximum atomic E-state index is 11.7. The summed E-state index contributed by atoms with van der Waals surface area (Å²) in [6.07, 6.45) is 1.49. The van der Waals surface area contributed by atoms with Gasteiger partial charge in [-0.05, 0) is 19.9 Å². The summed E-state index contributed by atoms with van der Waals surface area (Å²) in [6.45, 7) is 6.85. The molecule has 0 radical (unpaired) electrons. The minimum absolute atomic E-state index is 0.162. The smallest absolute Gasteiger partial charge is 0.255 e. The molecule has 1 unspecified atom stereocenters. The van der Waals surface area contributed by atoms with Crippen LogP contribution in [0.15, 0.2) is 23.1 Å². The molecule has 0 aliphatic rings. The van der Waals surface area contributed by atoms with Crippen molar-refractivity contribution in [3.63, 3.8) is 0 Å². The molecule has 15 heavy (non-hydrogen) atoms. The van der Waals surface area contributed by atoms with Crippen LogP contribution in [0.1, 0.15) is 21.9 Å². The molecule has 1 heterocycles. The lowest BCUT2D eigenvalue weighted by Gasteiger charge is -2.10. The molecule has 0 bridgehead atoms. The summed E-state index contributed by atoms with van der Waals surface area (Å²) in [4.78, 5) is 11.7. The van der Waals surface area contributed by atoms with Gasteiger partial charge in [0.1, 0.15) is 11.5 Å². The van der Waals surface area contributed by atoms with Crippen LogP contribution < -0.4 is 5.32 Å². The molecule has 82 valence electrons. The number of aryl methyl sites for hydroxylation is 2. The molecule has 1 aromatic rings. The summed E-state index contributed by atoms with van der Waals surface area (Å²) in [5.74, 6) is 1.01. The lowest BCUT2D eigenvalue weighted by molar-refractivity contribution is 0.0928. The first-order valence-corrected chi connectivity index (χ1v) is 4.69. The van der Waals surface area contributed by atoms with Gasteiger partial charge in [0.2, 0.25) is 0 Å². The van der Waals surface area contributed by atoms with Gasteiger partial charge < -0.3 is 14.8 Å². The molecule has 0 fully saturated rings. The van der Waals surface area contributed by atoms with Gasteiger partial charge in [-0.25, -0.2) is 0 Å². The fourth-order valence-electron chi connectivity index (χ4n) is 1.28. The van der Waals surface area contributed by atoms with Crippen molar-refractivity contribution >= 4 is 5.91 Å². The Balaban J connectivity index is 2.76. The number of carbonyl (C=O) groups excluding carboxylic acids is 1. The Hall–Kier alpha value is -1.55. The van der Waals surface area contributed by atoms with Crippen LogP contribution in [0.25, 0.3) is 0 Å². The molecular formula is C11H15NO3. The van der Waals surface area contributed by atoms with Gasteiger partial charge in [-0.2, -0.15) is 0 Å². The Labute approximate surface area is 88.6 Å². The van der Waals surface area contributed by atoms with Crippen molar-refractivity contribution < 1.29 is 14.3 Å². The third kappa shape index (κ3) is 2.70. The van der Waals surface area contributed by atoms with Crippen LogP contribution in [0.4, 0.5) is 0 Å². The average Bonchev–Trinajstić information content (AvgIpc) is 2.54. The Bertz CT molecular complexity index is 368. The summed E-state index contributed by atoms with van der Waals surface area (Å²) in [6, 6.07) is 1.24. The van der Waals surface area contributed by atoms with E-state index in [1.54, 1.807) is 19.9 Å². The van der Waals surface area contributed by atoms with E-state index in [2.05, 4.69) is 11.9 Å². The number of carbonyl (C=O) groups is 1. The van der Waals surface area contributed by atoms with E-state index in [0.29, 0.717) is 17.1 Å². The van der Waals surface area contributed by atoms with Crippen molar-refractivity contribution in [1.29, 1.82) is 0 Å². The second-order valence-electron chi connectivity index (χ2n) is 3.33. The molecule has 4 nitrogen and oxygen atoms in total. The highest BCUT2D eigenvalue weighted by atomic mass is 16.3. The van der Waals surface area contributed by atoms with E-state index < -0.39 is 6.04 Å². The van der Waals surface area contributed by atoms with E-state index in [1.165, 1.54) is 6.08 Å². The number of amides is 1. The van der Waals surface area contributed by atoms with E-state index in [-0.39, 0.29) is 12.5 Å². The summed E-state index contributed by atoms with van der Waals surface area (Å²) < 4.78 is 5.24. The molecule has 1 amide bonds. The molecule has 0 aromatic carbocycles. The highest BCUT2D eigenvalue weighted by Gasteiger charge is 2.15. The van der Waals surface area contributed by atoms with Crippen molar-refractivity contribution in [2.75, 3.05) is 6.61 Å². The fraction of sp³-hybridized carbons (Fsp3) is 0.364. The van der Waals surface area contributed by atoms with E-state index in [9.17, 15) is 4.79 Å². The van der Waals surface area contributed by atoms with Gasteiger partial charge in [0.25, 0.3) is 5.91 Å². The van der Waals surface area contributed by atoms with Gasteiger partial charge in [-0.3, -0.25) is 4.79 Å². The fourth-order valence-corrected chi connectivity index (χ4v) is 1.28. The first-order valence-electron chi connectivity index (χ1n) is 4.69. The van der Waals surface area contributed by atoms with Crippen LogP contribution in [0, 0.1) is 13.8 Å².